The Bertz CT molecular complexity index is 1220. The minimum absolute atomic E-state index is 0.0298. The highest BCUT2D eigenvalue weighted by molar-refractivity contribution is 7.90. The van der Waals surface area contributed by atoms with Crippen molar-refractivity contribution in [3.63, 3.8) is 0 Å². The zero-order valence-corrected chi connectivity index (χ0v) is 24.0. The van der Waals surface area contributed by atoms with Crippen LogP contribution in [0.3, 0.4) is 0 Å². The number of carbonyl (C=O) groups is 2. The van der Waals surface area contributed by atoms with Gasteiger partial charge in [-0.15, -0.1) is 0 Å². The molecule has 1 N–H and O–H groups in total. The normalized spacial score (nSPS) is 14.9. The Balaban J connectivity index is 2.00. The topological polar surface area (TPSA) is 90.0 Å². The van der Waals surface area contributed by atoms with E-state index in [1.165, 1.54) is 31.1 Å². The van der Waals surface area contributed by atoms with Gasteiger partial charge in [-0.1, -0.05) is 49.0 Å². The van der Waals surface area contributed by atoms with Crippen LogP contribution in [0.1, 0.15) is 44.6 Å². The second kappa shape index (κ2) is 13.1. The number of anilines is 1. The lowest BCUT2D eigenvalue weighted by Crippen LogP contribution is -2.54. The van der Waals surface area contributed by atoms with Crippen LogP contribution in [0.5, 0.6) is 0 Å². The van der Waals surface area contributed by atoms with Gasteiger partial charge in [0, 0.05) is 42.3 Å². The highest BCUT2D eigenvalue weighted by atomic mass is 35.5. The molecule has 8 nitrogen and oxygen atoms in total. The van der Waals surface area contributed by atoms with Gasteiger partial charge in [-0.25, -0.2) is 8.70 Å². The molecule has 2 aromatic carbocycles. The summed E-state index contributed by atoms with van der Waals surface area (Å²) in [6.07, 6.45) is 4.06. The second-order valence-corrected chi connectivity index (χ2v) is 12.3. The molecule has 0 radical (unpaired) electrons. The second-order valence-electron chi connectivity index (χ2n) is 9.41. The van der Waals surface area contributed by atoms with E-state index in [4.69, 9.17) is 23.2 Å². The largest absolute Gasteiger partial charge is 0.352 e. The van der Waals surface area contributed by atoms with Crippen LogP contribution in [0, 0.1) is 5.82 Å². The van der Waals surface area contributed by atoms with Gasteiger partial charge in [0.1, 0.15) is 18.4 Å². The third-order valence-electron chi connectivity index (χ3n) is 6.61. The van der Waals surface area contributed by atoms with Crippen molar-refractivity contribution in [1.82, 2.24) is 14.5 Å². The molecule has 12 heteroatoms. The molecule has 1 saturated carbocycles. The summed E-state index contributed by atoms with van der Waals surface area (Å²) in [7, 11) is -1.48. The molecule has 2 amide bonds. The molecular formula is C26H33Cl2FN4O4S. The first-order valence-electron chi connectivity index (χ1n) is 12.4. The molecule has 0 aromatic heterocycles. The van der Waals surface area contributed by atoms with Gasteiger partial charge in [-0.2, -0.15) is 12.7 Å². The number of rotatable bonds is 11. The Morgan fingerprint density at radius 3 is 2.16 bits per heavy atom. The van der Waals surface area contributed by atoms with Crippen molar-refractivity contribution in [1.29, 1.82) is 0 Å². The molecule has 3 rings (SSSR count). The fraction of sp³-hybridized carbons (Fsp3) is 0.462. The van der Waals surface area contributed by atoms with Crippen molar-refractivity contribution < 1.29 is 22.4 Å². The highest BCUT2D eigenvalue weighted by Crippen LogP contribution is 2.28. The molecule has 1 aliphatic rings. The number of carbonyl (C=O) groups excluding carboxylic acids is 2. The summed E-state index contributed by atoms with van der Waals surface area (Å²) >= 11 is 12.8. The van der Waals surface area contributed by atoms with Gasteiger partial charge in [0.2, 0.25) is 11.8 Å². The number of hydrogen-bond donors (Lipinski definition) is 1. The van der Waals surface area contributed by atoms with E-state index in [1.54, 1.807) is 25.1 Å². The first-order chi connectivity index (χ1) is 17.9. The molecule has 1 aliphatic carbocycles. The van der Waals surface area contributed by atoms with Gasteiger partial charge in [-0.3, -0.25) is 9.59 Å². The van der Waals surface area contributed by atoms with Crippen molar-refractivity contribution in [2.45, 2.75) is 57.7 Å². The van der Waals surface area contributed by atoms with Crippen molar-refractivity contribution in [2.75, 3.05) is 24.9 Å². The van der Waals surface area contributed by atoms with Crippen LogP contribution in [0.4, 0.5) is 10.1 Å². The standard InChI is InChI=1S/C26H33Cl2FN4O4S/c1-4-24(26(35)30-19-8-5-6-9-19)32(16-21-22(27)10-7-11-23(21)28)25(34)17-33(38(36,37)31(2)3)20-14-12-18(29)13-15-20/h7,10-15,19,24H,4-6,8-9,16-17H2,1-3H3,(H,30,35)/t24-/m1/s1. The van der Waals surface area contributed by atoms with Crippen LogP contribution in [0.2, 0.25) is 10.0 Å². The summed E-state index contributed by atoms with van der Waals surface area (Å²) in [6, 6.07) is 8.86. The summed E-state index contributed by atoms with van der Waals surface area (Å²) in [6.45, 7) is 1.05. The maximum atomic E-state index is 13.9. The maximum Gasteiger partial charge on any atom is 0.304 e. The van der Waals surface area contributed by atoms with E-state index in [0.29, 0.717) is 15.6 Å². The van der Waals surface area contributed by atoms with E-state index in [1.807, 2.05) is 0 Å². The minimum atomic E-state index is -4.15. The third kappa shape index (κ3) is 7.16. The number of nitrogens with zero attached hydrogens (tertiary/aromatic N) is 3. The van der Waals surface area contributed by atoms with Crippen LogP contribution in [-0.4, -0.2) is 62.2 Å². The van der Waals surface area contributed by atoms with Crippen LogP contribution in [-0.2, 0) is 26.3 Å². The summed E-state index contributed by atoms with van der Waals surface area (Å²) < 4.78 is 41.9. The van der Waals surface area contributed by atoms with Gasteiger partial charge in [0.15, 0.2) is 0 Å². The predicted octanol–water partition coefficient (Wildman–Crippen LogP) is 4.61. The maximum absolute atomic E-state index is 13.9. The first-order valence-corrected chi connectivity index (χ1v) is 14.6. The van der Waals surface area contributed by atoms with E-state index in [2.05, 4.69) is 5.32 Å². The molecule has 0 spiro atoms. The summed E-state index contributed by atoms with van der Waals surface area (Å²) in [5, 5.41) is 3.67. The monoisotopic (exact) mass is 586 g/mol. The number of benzene rings is 2. The highest BCUT2D eigenvalue weighted by Gasteiger charge is 2.35. The fourth-order valence-corrected chi connectivity index (χ4v) is 6.04. The molecule has 0 unspecified atom stereocenters. The lowest BCUT2D eigenvalue weighted by molar-refractivity contribution is -0.140. The fourth-order valence-electron chi connectivity index (χ4n) is 4.46. The third-order valence-corrected chi connectivity index (χ3v) is 9.14. The molecule has 2 aromatic rings. The zero-order chi connectivity index (χ0) is 28.0. The van der Waals surface area contributed by atoms with Crippen LogP contribution >= 0.6 is 23.2 Å². The van der Waals surface area contributed by atoms with Crippen LogP contribution < -0.4 is 9.62 Å². The quantitative estimate of drug-likeness (QED) is 0.416. The average molecular weight is 588 g/mol. The smallest absolute Gasteiger partial charge is 0.304 e. The number of amides is 2. The van der Waals surface area contributed by atoms with E-state index in [9.17, 15) is 22.4 Å². The summed E-state index contributed by atoms with van der Waals surface area (Å²) in [4.78, 5) is 28.6. The van der Waals surface area contributed by atoms with Crippen LogP contribution in [0.15, 0.2) is 42.5 Å². The Kier molecular flexibility index (Phi) is 10.4. The predicted molar refractivity (Wildman–Crippen MR) is 148 cm³/mol. The van der Waals surface area contributed by atoms with Crippen molar-refractivity contribution in [3.05, 3.63) is 63.9 Å². The first kappa shape index (κ1) is 30.1. The molecule has 208 valence electrons. The Morgan fingerprint density at radius 1 is 1.05 bits per heavy atom. The van der Waals surface area contributed by atoms with Gasteiger partial charge < -0.3 is 10.2 Å². The SMILES string of the molecule is CC[C@H](C(=O)NC1CCCC1)N(Cc1c(Cl)cccc1Cl)C(=O)CN(c1ccc(F)cc1)S(=O)(=O)N(C)C. The molecule has 0 aliphatic heterocycles. The summed E-state index contributed by atoms with van der Waals surface area (Å²) in [5.41, 5.74) is 0.549. The molecular weight excluding hydrogens is 554 g/mol. The zero-order valence-electron chi connectivity index (χ0n) is 21.7. The minimum Gasteiger partial charge on any atom is -0.352 e. The average Bonchev–Trinajstić information content (AvgIpc) is 3.37. The van der Waals surface area contributed by atoms with E-state index >= 15 is 0 Å². The molecule has 0 heterocycles. The van der Waals surface area contributed by atoms with E-state index in [0.717, 1.165) is 46.4 Å². The molecule has 1 atom stereocenters. The molecule has 1 fully saturated rings. The van der Waals surface area contributed by atoms with E-state index < -0.39 is 34.5 Å². The van der Waals surface area contributed by atoms with Crippen molar-refractivity contribution in [3.8, 4) is 0 Å². The van der Waals surface area contributed by atoms with Crippen molar-refractivity contribution >= 4 is 50.9 Å². The molecule has 0 bridgehead atoms. The summed E-state index contributed by atoms with van der Waals surface area (Å²) in [5.74, 6) is -1.50. The van der Waals surface area contributed by atoms with E-state index in [-0.39, 0.29) is 30.6 Å². The Labute approximate surface area is 233 Å². The lowest BCUT2D eigenvalue weighted by atomic mass is 10.1. The number of hydrogen-bond acceptors (Lipinski definition) is 4. The van der Waals surface area contributed by atoms with Gasteiger partial charge in [-0.05, 0) is 55.7 Å². The number of halogens is 3. The van der Waals surface area contributed by atoms with Crippen molar-refractivity contribution in [2.24, 2.45) is 0 Å². The lowest BCUT2D eigenvalue weighted by Gasteiger charge is -2.34. The Hall–Kier alpha value is -2.40. The Morgan fingerprint density at radius 2 is 1.63 bits per heavy atom. The van der Waals surface area contributed by atoms with Gasteiger partial charge in [0.25, 0.3) is 0 Å². The molecule has 0 saturated heterocycles. The van der Waals surface area contributed by atoms with Gasteiger partial charge >= 0.3 is 10.2 Å². The number of nitrogens with one attached hydrogen (secondary N) is 1. The molecule has 38 heavy (non-hydrogen) atoms. The van der Waals surface area contributed by atoms with Crippen LogP contribution in [0.25, 0.3) is 0 Å². The van der Waals surface area contributed by atoms with Gasteiger partial charge in [0.05, 0.1) is 5.69 Å².